The van der Waals surface area contributed by atoms with E-state index in [1.54, 1.807) is 4.31 Å². The van der Waals surface area contributed by atoms with E-state index in [-0.39, 0.29) is 0 Å². The first-order valence-electron chi connectivity index (χ1n) is 5.75. The van der Waals surface area contributed by atoms with Crippen LogP contribution >= 0.6 is 0 Å². The van der Waals surface area contributed by atoms with Crippen molar-refractivity contribution in [2.24, 2.45) is 5.92 Å². The van der Waals surface area contributed by atoms with Crippen molar-refractivity contribution in [3.05, 3.63) is 0 Å². The Balaban J connectivity index is 1.94. The molecule has 1 aliphatic carbocycles. The minimum Gasteiger partial charge on any atom is -0.316 e. The predicted octanol–water partition coefficient (Wildman–Crippen LogP) is 0.410. The first-order chi connectivity index (χ1) is 7.07. The third-order valence-electron chi connectivity index (χ3n) is 3.22. The fraction of sp³-hybridized carbons (Fsp3) is 1.00. The van der Waals surface area contributed by atoms with Gasteiger partial charge in [-0.2, -0.15) is 4.31 Å². The minimum atomic E-state index is -3.00. The molecule has 1 N–H and O–H groups in total. The van der Waals surface area contributed by atoms with E-state index in [0.29, 0.717) is 12.0 Å². The number of hydrogen-bond acceptors (Lipinski definition) is 3. The average Bonchev–Trinajstić information content (AvgIpc) is 2.97. The van der Waals surface area contributed by atoms with Gasteiger partial charge in [0.1, 0.15) is 0 Å². The van der Waals surface area contributed by atoms with Gasteiger partial charge in [-0.1, -0.05) is 0 Å². The van der Waals surface area contributed by atoms with E-state index in [4.69, 9.17) is 0 Å². The molecule has 1 saturated carbocycles. The summed E-state index contributed by atoms with van der Waals surface area (Å²) in [4.78, 5) is 0. The van der Waals surface area contributed by atoms with Crippen LogP contribution in [0.25, 0.3) is 0 Å². The Morgan fingerprint density at radius 3 is 2.53 bits per heavy atom. The lowest BCUT2D eigenvalue weighted by atomic mass is 10.00. The molecule has 5 heteroatoms. The van der Waals surface area contributed by atoms with Gasteiger partial charge in [0.15, 0.2) is 0 Å². The Labute approximate surface area is 92.1 Å². The molecule has 0 amide bonds. The van der Waals surface area contributed by atoms with Crippen LogP contribution < -0.4 is 5.32 Å². The molecule has 1 unspecified atom stereocenters. The largest absolute Gasteiger partial charge is 0.316 e. The maximum atomic E-state index is 11.6. The van der Waals surface area contributed by atoms with Crippen molar-refractivity contribution < 1.29 is 8.42 Å². The zero-order chi connectivity index (χ0) is 10.9. The molecule has 2 aliphatic rings. The zero-order valence-corrected chi connectivity index (χ0v) is 10.1. The second kappa shape index (κ2) is 4.39. The number of sulfonamides is 1. The van der Waals surface area contributed by atoms with Crippen molar-refractivity contribution >= 4 is 10.0 Å². The zero-order valence-electron chi connectivity index (χ0n) is 9.28. The Hall–Kier alpha value is -0.130. The van der Waals surface area contributed by atoms with Crippen molar-refractivity contribution in [2.75, 3.05) is 25.9 Å². The number of rotatable bonds is 4. The standard InChI is InChI=1S/C10H20N2O2S/c1-15(13,14)12(10-4-5-10)8-9-3-2-6-11-7-9/h9-11H,2-8H2,1H3. The van der Waals surface area contributed by atoms with Crippen molar-refractivity contribution in [2.45, 2.75) is 31.7 Å². The summed E-state index contributed by atoms with van der Waals surface area (Å²) < 4.78 is 24.9. The quantitative estimate of drug-likeness (QED) is 0.764. The third-order valence-corrected chi connectivity index (χ3v) is 4.52. The summed E-state index contributed by atoms with van der Waals surface area (Å²) in [6.45, 7) is 2.77. The Morgan fingerprint density at radius 1 is 1.33 bits per heavy atom. The van der Waals surface area contributed by atoms with Crippen LogP contribution in [0.4, 0.5) is 0 Å². The van der Waals surface area contributed by atoms with E-state index in [1.807, 2.05) is 0 Å². The molecule has 1 saturated heterocycles. The maximum absolute atomic E-state index is 11.6. The molecule has 0 radical (unpaired) electrons. The SMILES string of the molecule is CS(=O)(=O)N(CC1CCCNC1)C1CC1. The summed E-state index contributed by atoms with van der Waals surface area (Å²) in [6, 6.07) is 0.307. The Bertz CT molecular complexity index is 305. The van der Waals surface area contributed by atoms with Gasteiger partial charge in [0, 0.05) is 12.6 Å². The highest BCUT2D eigenvalue weighted by Gasteiger charge is 2.36. The number of nitrogens with one attached hydrogen (secondary N) is 1. The number of piperidine rings is 1. The molecule has 1 heterocycles. The summed E-state index contributed by atoms with van der Waals surface area (Å²) in [7, 11) is -3.00. The molecule has 15 heavy (non-hydrogen) atoms. The van der Waals surface area contributed by atoms with Gasteiger partial charge in [0.25, 0.3) is 0 Å². The summed E-state index contributed by atoms with van der Waals surface area (Å²) in [6.07, 6.45) is 5.76. The summed E-state index contributed by atoms with van der Waals surface area (Å²) in [5.74, 6) is 0.508. The highest BCUT2D eigenvalue weighted by Crippen LogP contribution is 2.30. The molecule has 88 valence electrons. The highest BCUT2D eigenvalue weighted by molar-refractivity contribution is 7.88. The molecule has 0 aromatic carbocycles. The topological polar surface area (TPSA) is 49.4 Å². The second-order valence-corrected chi connectivity index (χ2v) is 6.71. The molecule has 2 fully saturated rings. The third kappa shape index (κ3) is 3.16. The summed E-state index contributed by atoms with van der Waals surface area (Å²) in [5, 5.41) is 3.33. The fourth-order valence-corrected chi connectivity index (χ4v) is 3.49. The molecule has 4 nitrogen and oxygen atoms in total. The van der Waals surface area contributed by atoms with Crippen LogP contribution in [-0.4, -0.2) is 44.7 Å². The van der Waals surface area contributed by atoms with E-state index >= 15 is 0 Å². The minimum absolute atomic E-state index is 0.307. The van der Waals surface area contributed by atoms with Gasteiger partial charge < -0.3 is 5.32 Å². The first kappa shape index (κ1) is 11.4. The predicted molar refractivity (Wildman–Crippen MR) is 60.2 cm³/mol. The van der Waals surface area contributed by atoms with E-state index < -0.39 is 10.0 Å². The van der Waals surface area contributed by atoms with Gasteiger partial charge in [-0.25, -0.2) is 8.42 Å². The van der Waals surface area contributed by atoms with E-state index in [0.717, 1.165) is 38.9 Å². The van der Waals surface area contributed by atoms with Crippen LogP contribution in [0.5, 0.6) is 0 Å². The fourth-order valence-electron chi connectivity index (χ4n) is 2.25. The average molecular weight is 232 g/mol. The van der Waals surface area contributed by atoms with E-state index in [1.165, 1.54) is 12.7 Å². The van der Waals surface area contributed by atoms with Crippen LogP contribution in [0.3, 0.4) is 0 Å². The van der Waals surface area contributed by atoms with Gasteiger partial charge in [0.2, 0.25) is 10.0 Å². The number of nitrogens with zero attached hydrogens (tertiary/aromatic N) is 1. The Morgan fingerprint density at radius 2 is 2.07 bits per heavy atom. The van der Waals surface area contributed by atoms with Crippen LogP contribution in [0.1, 0.15) is 25.7 Å². The normalized spacial score (nSPS) is 28.3. The van der Waals surface area contributed by atoms with Crippen molar-refractivity contribution in [3.8, 4) is 0 Å². The summed E-state index contributed by atoms with van der Waals surface area (Å²) >= 11 is 0. The lowest BCUT2D eigenvalue weighted by Crippen LogP contribution is -2.41. The molecule has 2 rings (SSSR count). The molecular formula is C10H20N2O2S. The molecular weight excluding hydrogens is 212 g/mol. The van der Waals surface area contributed by atoms with E-state index in [9.17, 15) is 8.42 Å². The van der Waals surface area contributed by atoms with Crippen LogP contribution in [-0.2, 0) is 10.0 Å². The van der Waals surface area contributed by atoms with Gasteiger partial charge in [-0.05, 0) is 44.7 Å². The molecule has 1 atom stereocenters. The monoisotopic (exact) mass is 232 g/mol. The molecule has 0 aromatic rings. The van der Waals surface area contributed by atoms with Crippen molar-refractivity contribution in [1.29, 1.82) is 0 Å². The first-order valence-corrected chi connectivity index (χ1v) is 7.60. The second-order valence-electron chi connectivity index (χ2n) is 4.78. The van der Waals surface area contributed by atoms with Crippen molar-refractivity contribution in [3.63, 3.8) is 0 Å². The smallest absolute Gasteiger partial charge is 0.211 e. The molecule has 1 aliphatic heterocycles. The van der Waals surface area contributed by atoms with Crippen LogP contribution in [0, 0.1) is 5.92 Å². The lowest BCUT2D eigenvalue weighted by molar-refractivity contribution is 0.288. The van der Waals surface area contributed by atoms with E-state index in [2.05, 4.69) is 5.32 Å². The van der Waals surface area contributed by atoms with Crippen molar-refractivity contribution in [1.82, 2.24) is 9.62 Å². The van der Waals surface area contributed by atoms with Gasteiger partial charge in [-0.3, -0.25) is 0 Å². The highest BCUT2D eigenvalue weighted by atomic mass is 32.2. The lowest BCUT2D eigenvalue weighted by Gasteiger charge is -2.28. The van der Waals surface area contributed by atoms with Crippen LogP contribution in [0.2, 0.25) is 0 Å². The summed E-state index contributed by atoms with van der Waals surface area (Å²) in [5.41, 5.74) is 0. The molecule has 0 aromatic heterocycles. The molecule has 0 spiro atoms. The molecule has 0 bridgehead atoms. The maximum Gasteiger partial charge on any atom is 0.211 e. The van der Waals surface area contributed by atoms with Crippen LogP contribution in [0.15, 0.2) is 0 Å². The van der Waals surface area contributed by atoms with Gasteiger partial charge >= 0.3 is 0 Å². The Kier molecular flexibility index (Phi) is 3.33. The van der Waals surface area contributed by atoms with Gasteiger partial charge in [0.05, 0.1) is 6.26 Å². The number of hydrogen-bond donors (Lipinski definition) is 1. The van der Waals surface area contributed by atoms with Gasteiger partial charge in [-0.15, -0.1) is 0 Å².